The van der Waals surface area contributed by atoms with Crippen LogP contribution in [-0.2, 0) is 19.9 Å². The molecule has 0 aliphatic rings. The van der Waals surface area contributed by atoms with Crippen LogP contribution in [0, 0.1) is 5.41 Å². The summed E-state index contributed by atoms with van der Waals surface area (Å²) in [6.45, 7) is 3.78. The van der Waals surface area contributed by atoms with Gasteiger partial charge < -0.3 is 5.11 Å². The summed E-state index contributed by atoms with van der Waals surface area (Å²) in [4.78, 5) is 0. The van der Waals surface area contributed by atoms with Crippen molar-refractivity contribution < 1.29 is 21.9 Å². The van der Waals surface area contributed by atoms with Crippen molar-refractivity contribution in [2.75, 3.05) is 30.9 Å². The van der Waals surface area contributed by atoms with Crippen LogP contribution in [-0.4, -0.2) is 52.9 Å². The van der Waals surface area contributed by atoms with E-state index >= 15 is 0 Å². The van der Waals surface area contributed by atoms with Crippen molar-refractivity contribution in [2.24, 2.45) is 5.41 Å². The largest absolute Gasteiger partial charge is 0.396 e. The number of hydrogen-bond donors (Lipinski definition) is 2. The van der Waals surface area contributed by atoms with Gasteiger partial charge in [0.15, 0.2) is 0 Å². The minimum atomic E-state index is -3.62. The molecule has 2 N–H and O–H groups in total. The van der Waals surface area contributed by atoms with E-state index in [1.165, 1.54) is 0 Å². The molecular formula is C10H23NO5S2. The average Bonchev–Trinajstić information content (AvgIpc) is 2.29. The van der Waals surface area contributed by atoms with E-state index in [1.807, 2.05) is 13.8 Å². The second-order valence-corrected chi connectivity index (χ2v) is 8.82. The van der Waals surface area contributed by atoms with Crippen LogP contribution in [0.2, 0.25) is 0 Å². The maximum Gasteiger partial charge on any atom is 0.212 e. The van der Waals surface area contributed by atoms with Crippen LogP contribution in [0.3, 0.4) is 0 Å². The van der Waals surface area contributed by atoms with Crippen LogP contribution >= 0.6 is 0 Å². The highest BCUT2D eigenvalue weighted by molar-refractivity contribution is 7.93. The van der Waals surface area contributed by atoms with Gasteiger partial charge in [-0.3, -0.25) is 0 Å². The summed E-state index contributed by atoms with van der Waals surface area (Å²) in [5.41, 5.74) is -0.474. The smallest absolute Gasteiger partial charge is 0.212 e. The summed E-state index contributed by atoms with van der Waals surface area (Å²) in [5.74, 6) is -0.840. The van der Waals surface area contributed by atoms with Gasteiger partial charge in [-0.05, 0) is 12.8 Å². The van der Waals surface area contributed by atoms with E-state index in [-0.39, 0.29) is 13.2 Å². The molecule has 0 heterocycles. The molecule has 18 heavy (non-hydrogen) atoms. The van der Waals surface area contributed by atoms with Crippen molar-refractivity contribution >= 4 is 19.9 Å². The van der Waals surface area contributed by atoms with Crippen LogP contribution in [0.5, 0.6) is 0 Å². The number of aliphatic hydroxyl groups is 1. The lowest BCUT2D eigenvalue weighted by molar-refractivity contribution is 0.119. The van der Waals surface area contributed by atoms with E-state index in [4.69, 9.17) is 0 Å². The first-order valence-corrected chi connectivity index (χ1v) is 9.57. The third-order valence-corrected chi connectivity index (χ3v) is 5.76. The van der Waals surface area contributed by atoms with E-state index in [2.05, 4.69) is 4.72 Å². The minimum Gasteiger partial charge on any atom is -0.396 e. The Bertz CT molecular complexity index is 429. The molecule has 0 aromatic carbocycles. The Balaban J connectivity index is 4.51. The Morgan fingerprint density at radius 1 is 1.06 bits per heavy atom. The normalized spacial score (nSPS) is 13.8. The second-order valence-electron chi connectivity index (χ2n) is 4.64. The van der Waals surface area contributed by atoms with Gasteiger partial charge in [-0.1, -0.05) is 13.8 Å². The highest BCUT2D eigenvalue weighted by Crippen LogP contribution is 2.24. The molecule has 0 aromatic heterocycles. The Morgan fingerprint density at radius 3 is 1.89 bits per heavy atom. The number of nitrogens with one attached hydrogen (secondary N) is 1. The van der Waals surface area contributed by atoms with Gasteiger partial charge in [0, 0.05) is 24.8 Å². The summed E-state index contributed by atoms with van der Waals surface area (Å²) < 4.78 is 47.4. The van der Waals surface area contributed by atoms with Crippen molar-refractivity contribution in [3.8, 4) is 0 Å². The lowest BCUT2D eigenvalue weighted by atomic mass is 9.84. The van der Waals surface area contributed by atoms with Crippen molar-refractivity contribution in [1.82, 2.24) is 4.72 Å². The zero-order chi connectivity index (χ0) is 14.4. The summed E-state index contributed by atoms with van der Waals surface area (Å²) in [5, 5.41) is 9.30. The molecule has 0 fully saturated rings. The van der Waals surface area contributed by atoms with Crippen molar-refractivity contribution in [3.63, 3.8) is 0 Å². The average molecular weight is 301 g/mol. The molecule has 0 saturated carbocycles. The van der Waals surface area contributed by atoms with Gasteiger partial charge in [0.05, 0.1) is 11.5 Å². The fourth-order valence-electron chi connectivity index (χ4n) is 1.38. The first-order valence-electron chi connectivity index (χ1n) is 5.85. The van der Waals surface area contributed by atoms with Gasteiger partial charge in [0.1, 0.15) is 9.84 Å². The highest BCUT2D eigenvalue weighted by atomic mass is 32.2. The molecule has 6 nitrogen and oxygen atoms in total. The molecular weight excluding hydrogens is 278 g/mol. The predicted molar refractivity (Wildman–Crippen MR) is 71.6 cm³/mol. The Kier molecular flexibility index (Phi) is 6.77. The van der Waals surface area contributed by atoms with E-state index in [9.17, 15) is 21.9 Å². The molecule has 0 aromatic rings. The van der Waals surface area contributed by atoms with Crippen molar-refractivity contribution in [3.05, 3.63) is 0 Å². The van der Waals surface area contributed by atoms with Crippen LogP contribution in [0.4, 0.5) is 0 Å². The zero-order valence-corrected chi connectivity index (χ0v) is 12.8. The summed E-state index contributed by atoms with van der Waals surface area (Å²) >= 11 is 0. The van der Waals surface area contributed by atoms with Crippen molar-refractivity contribution in [2.45, 2.75) is 26.7 Å². The second kappa shape index (κ2) is 6.83. The number of sulfonamides is 1. The van der Waals surface area contributed by atoms with E-state index in [1.54, 1.807) is 0 Å². The molecule has 0 atom stereocenters. The molecule has 8 heteroatoms. The fraction of sp³-hybridized carbons (Fsp3) is 1.00. The van der Waals surface area contributed by atoms with E-state index < -0.39 is 36.8 Å². The van der Waals surface area contributed by atoms with Crippen LogP contribution in [0.15, 0.2) is 0 Å². The van der Waals surface area contributed by atoms with Crippen LogP contribution in [0.25, 0.3) is 0 Å². The van der Waals surface area contributed by atoms with Gasteiger partial charge in [0.25, 0.3) is 0 Å². The third kappa shape index (κ3) is 6.67. The summed E-state index contributed by atoms with van der Waals surface area (Å²) in [6.07, 6.45) is 2.29. The quantitative estimate of drug-likeness (QED) is 0.611. The monoisotopic (exact) mass is 301 g/mol. The predicted octanol–water partition coefficient (Wildman–Crippen LogP) is -0.251. The van der Waals surface area contributed by atoms with Gasteiger partial charge in [-0.25, -0.2) is 21.6 Å². The third-order valence-electron chi connectivity index (χ3n) is 3.23. The Hall–Kier alpha value is -0.180. The lowest BCUT2D eigenvalue weighted by Crippen LogP contribution is -2.41. The van der Waals surface area contributed by atoms with E-state index in [0.29, 0.717) is 12.8 Å². The number of rotatable bonds is 9. The van der Waals surface area contributed by atoms with Gasteiger partial charge in [-0.15, -0.1) is 0 Å². The van der Waals surface area contributed by atoms with Gasteiger partial charge >= 0.3 is 0 Å². The number of hydrogen-bond acceptors (Lipinski definition) is 5. The molecule has 110 valence electrons. The molecule has 0 amide bonds. The minimum absolute atomic E-state index is 0.103. The highest BCUT2D eigenvalue weighted by Gasteiger charge is 2.27. The zero-order valence-electron chi connectivity index (χ0n) is 11.1. The van der Waals surface area contributed by atoms with E-state index in [0.717, 1.165) is 6.26 Å². The molecule has 0 radical (unpaired) electrons. The number of sulfone groups is 1. The molecule has 0 saturated heterocycles. The SMILES string of the molecule is CCC(CC)(CO)CNS(=O)(=O)CCS(C)(=O)=O. The first kappa shape index (κ1) is 17.8. The fourth-order valence-corrected chi connectivity index (χ4v) is 4.13. The maximum absolute atomic E-state index is 11.6. The van der Waals surface area contributed by atoms with Gasteiger partial charge in [0.2, 0.25) is 10.0 Å². The first-order chi connectivity index (χ1) is 8.10. The lowest BCUT2D eigenvalue weighted by Gasteiger charge is -2.29. The molecule has 0 spiro atoms. The Labute approximate surface area is 110 Å². The topological polar surface area (TPSA) is 101 Å². The van der Waals surface area contributed by atoms with Crippen molar-refractivity contribution in [1.29, 1.82) is 0 Å². The summed E-state index contributed by atoms with van der Waals surface area (Å²) in [7, 11) is -6.91. The molecule has 0 aliphatic carbocycles. The number of aliphatic hydroxyl groups excluding tert-OH is 1. The van der Waals surface area contributed by atoms with Crippen LogP contribution in [0.1, 0.15) is 26.7 Å². The molecule has 0 rings (SSSR count). The molecule has 0 aliphatic heterocycles. The standard InChI is InChI=1S/C10H23NO5S2/c1-4-10(5-2,9-12)8-11-18(15,16)7-6-17(3,13)14/h11-12H,4-9H2,1-3H3. The summed E-state index contributed by atoms with van der Waals surface area (Å²) in [6, 6.07) is 0. The van der Waals surface area contributed by atoms with Crippen LogP contribution < -0.4 is 4.72 Å². The molecule has 0 bridgehead atoms. The maximum atomic E-state index is 11.6. The Morgan fingerprint density at radius 2 is 1.56 bits per heavy atom. The molecule has 0 unspecified atom stereocenters. The van der Waals surface area contributed by atoms with Gasteiger partial charge in [-0.2, -0.15) is 0 Å².